The van der Waals surface area contributed by atoms with Crippen LogP contribution < -0.4 is 10.1 Å². The number of rotatable bonds is 5. The quantitative estimate of drug-likeness (QED) is 0.812. The zero-order valence-corrected chi connectivity index (χ0v) is 9.58. The molecule has 0 bridgehead atoms. The molecule has 2 rings (SSSR count). The minimum Gasteiger partial charge on any atom is -0.493 e. The fourth-order valence-electron chi connectivity index (χ4n) is 1.96. The summed E-state index contributed by atoms with van der Waals surface area (Å²) < 4.78 is 5.44. The molecule has 0 aliphatic carbocycles. The summed E-state index contributed by atoms with van der Waals surface area (Å²) in [6.45, 7) is 1.26. The van der Waals surface area contributed by atoms with E-state index < -0.39 is 0 Å². The Balaban J connectivity index is 1.93. The van der Waals surface area contributed by atoms with Crippen LogP contribution in [0.4, 0.5) is 0 Å². The van der Waals surface area contributed by atoms with Crippen LogP contribution in [-0.2, 0) is 17.6 Å². The number of benzene rings is 1. The van der Waals surface area contributed by atoms with E-state index in [1.54, 1.807) is 7.05 Å². The van der Waals surface area contributed by atoms with Crippen molar-refractivity contribution in [2.75, 3.05) is 20.2 Å². The maximum atomic E-state index is 11.4. The summed E-state index contributed by atoms with van der Waals surface area (Å²) in [5.41, 5.74) is 2.51. The van der Waals surface area contributed by atoms with E-state index in [9.17, 15) is 4.79 Å². The molecule has 0 unspecified atom stereocenters. The van der Waals surface area contributed by atoms with Gasteiger partial charge >= 0.3 is 0 Å². The lowest BCUT2D eigenvalue weighted by atomic mass is 10.0. The number of aryl methyl sites for hydroxylation is 1. The Morgan fingerprint density at radius 3 is 3.19 bits per heavy atom. The highest BCUT2D eigenvalue weighted by Crippen LogP contribution is 2.26. The molecule has 86 valence electrons. The Bertz CT molecular complexity index is 388. The molecule has 3 nitrogen and oxygen atoms in total. The van der Waals surface area contributed by atoms with Gasteiger partial charge in [0.05, 0.1) is 13.2 Å². The standard InChI is InChI=1S/C13H17NO2/c1-14-9-12(15)4-2-10-3-5-13-11(8-10)6-7-16-13/h3,5,8,14H,2,4,6-7,9H2,1H3. The average molecular weight is 219 g/mol. The number of fused-ring (bicyclic) bond motifs is 1. The first-order chi connectivity index (χ1) is 7.79. The van der Waals surface area contributed by atoms with Gasteiger partial charge < -0.3 is 10.1 Å². The molecule has 1 aromatic carbocycles. The molecule has 3 heteroatoms. The van der Waals surface area contributed by atoms with Gasteiger partial charge in [-0.15, -0.1) is 0 Å². The molecular formula is C13H17NO2. The molecule has 1 heterocycles. The van der Waals surface area contributed by atoms with Crippen LogP contribution in [-0.4, -0.2) is 26.0 Å². The molecule has 1 aliphatic rings. The van der Waals surface area contributed by atoms with Gasteiger partial charge in [-0.2, -0.15) is 0 Å². The van der Waals surface area contributed by atoms with Gasteiger partial charge in [0, 0.05) is 12.8 Å². The SMILES string of the molecule is CNCC(=O)CCc1ccc2c(c1)CCO2. The molecule has 0 atom stereocenters. The van der Waals surface area contributed by atoms with Gasteiger partial charge in [0.25, 0.3) is 0 Å². The molecule has 1 aromatic rings. The first-order valence-corrected chi connectivity index (χ1v) is 5.70. The third-order valence-corrected chi connectivity index (χ3v) is 2.82. The smallest absolute Gasteiger partial charge is 0.146 e. The highest BCUT2D eigenvalue weighted by atomic mass is 16.5. The van der Waals surface area contributed by atoms with Crippen molar-refractivity contribution in [3.05, 3.63) is 29.3 Å². The molecule has 0 amide bonds. The number of nitrogens with one attached hydrogen (secondary N) is 1. The second-order valence-corrected chi connectivity index (χ2v) is 4.11. The zero-order chi connectivity index (χ0) is 11.4. The van der Waals surface area contributed by atoms with E-state index in [2.05, 4.69) is 17.4 Å². The fourth-order valence-corrected chi connectivity index (χ4v) is 1.96. The van der Waals surface area contributed by atoms with Crippen LogP contribution >= 0.6 is 0 Å². The van der Waals surface area contributed by atoms with Crippen LogP contribution in [0.1, 0.15) is 17.5 Å². The highest BCUT2D eigenvalue weighted by Gasteiger charge is 2.12. The van der Waals surface area contributed by atoms with Crippen LogP contribution in [0.2, 0.25) is 0 Å². The number of ketones is 1. The minimum atomic E-state index is 0.263. The molecule has 0 fully saturated rings. The Morgan fingerprint density at radius 1 is 1.50 bits per heavy atom. The number of Topliss-reactive ketones (excluding diaryl/α,β-unsaturated/α-hetero) is 1. The van der Waals surface area contributed by atoms with Gasteiger partial charge in [0.1, 0.15) is 11.5 Å². The lowest BCUT2D eigenvalue weighted by Crippen LogP contribution is -2.18. The summed E-state index contributed by atoms with van der Waals surface area (Å²) in [7, 11) is 1.80. The summed E-state index contributed by atoms with van der Waals surface area (Å²) >= 11 is 0. The Kier molecular flexibility index (Phi) is 3.57. The summed E-state index contributed by atoms with van der Waals surface area (Å²) in [5, 5.41) is 2.88. The number of hydrogen-bond donors (Lipinski definition) is 1. The van der Waals surface area contributed by atoms with Gasteiger partial charge in [-0.05, 0) is 30.7 Å². The molecule has 0 saturated carbocycles. The average Bonchev–Trinajstić information content (AvgIpc) is 2.74. The predicted octanol–water partition coefficient (Wildman–Crippen LogP) is 1.34. The second-order valence-electron chi connectivity index (χ2n) is 4.11. The third-order valence-electron chi connectivity index (χ3n) is 2.82. The number of carbonyl (C=O) groups is 1. The Labute approximate surface area is 95.8 Å². The number of carbonyl (C=O) groups excluding carboxylic acids is 1. The van der Waals surface area contributed by atoms with Crippen molar-refractivity contribution < 1.29 is 9.53 Å². The van der Waals surface area contributed by atoms with Crippen LogP contribution in [0, 0.1) is 0 Å². The first-order valence-electron chi connectivity index (χ1n) is 5.70. The van der Waals surface area contributed by atoms with Crippen molar-refractivity contribution >= 4 is 5.78 Å². The lowest BCUT2D eigenvalue weighted by Gasteiger charge is -2.04. The van der Waals surface area contributed by atoms with E-state index in [0.717, 1.165) is 25.2 Å². The van der Waals surface area contributed by atoms with Crippen LogP contribution in [0.5, 0.6) is 5.75 Å². The summed E-state index contributed by atoms with van der Waals surface area (Å²) in [6.07, 6.45) is 2.43. The lowest BCUT2D eigenvalue weighted by molar-refractivity contribution is -0.118. The Hall–Kier alpha value is -1.35. The van der Waals surface area contributed by atoms with Crippen LogP contribution in [0.25, 0.3) is 0 Å². The maximum Gasteiger partial charge on any atom is 0.146 e. The van der Waals surface area contributed by atoms with Crippen molar-refractivity contribution in [2.24, 2.45) is 0 Å². The van der Waals surface area contributed by atoms with Crippen molar-refractivity contribution in [1.29, 1.82) is 0 Å². The van der Waals surface area contributed by atoms with E-state index in [1.807, 2.05) is 6.07 Å². The van der Waals surface area contributed by atoms with Crippen molar-refractivity contribution in [3.8, 4) is 5.75 Å². The topological polar surface area (TPSA) is 38.3 Å². The number of hydrogen-bond acceptors (Lipinski definition) is 3. The maximum absolute atomic E-state index is 11.4. The summed E-state index contributed by atoms with van der Waals surface area (Å²) in [6, 6.07) is 6.23. The molecule has 0 aromatic heterocycles. The zero-order valence-electron chi connectivity index (χ0n) is 9.58. The van der Waals surface area contributed by atoms with Crippen LogP contribution in [0.15, 0.2) is 18.2 Å². The molecule has 0 radical (unpaired) electrons. The Morgan fingerprint density at radius 2 is 2.38 bits per heavy atom. The minimum absolute atomic E-state index is 0.263. The fraction of sp³-hybridized carbons (Fsp3) is 0.462. The molecule has 1 aliphatic heterocycles. The molecule has 0 saturated heterocycles. The molecule has 1 N–H and O–H groups in total. The van der Waals surface area contributed by atoms with Crippen molar-refractivity contribution in [2.45, 2.75) is 19.3 Å². The first kappa shape index (κ1) is 11.1. The monoisotopic (exact) mass is 219 g/mol. The van der Waals surface area contributed by atoms with Gasteiger partial charge in [-0.3, -0.25) is 4.79 Å². The van der Waals surface area contributed by atoms with Crippen LogP contribution in [0.3, 0.4) is 0 Å². The van der Waals surface area contributed by atoms with Gasteiger partial charge in [0.2, 0.25) is 0 Å². The normalized spacial score (nSPS) is 13.3. The predicted molar refractivity (Wildman–Crippen MR) is 62.9 cm³/mol. The number of ether oxygens (including phenoxy) is 1. The summed E-state index contributed by atoms with van der Waals surface area (Å²) in [4.78, 5) is 11.4. The molecule has 0 spiro atoms. The largest absolute Gasteiger partial charge is 0.493 e. The van der Waals surface area contributed by atoms with E-state index >= 15 is 0 Å². The van der Waals surface area contributed by atoms with E-state index in [4.69, 9.17) is 4.74 Å². The van der Waals surface area contributed by atoms with E-state index in [0.29, 0.717) is 13.0 Å². The van der Waals surface area contributed by atoms with Crippen molar-refractivity contribution in [3.63, 3.8) is 0 Å². The summed E-state index contributed by atoms with van der Waals surface area (Å²) in [5.74, 6) is 1.27. The molecule has 16 heavy (non-hydrogen) atoms. The number of likely N-dealkylation sites (N-methyl/N-ethyl adjacent to an activating group) is 1. The van der Waals surface area contributed by atoms with Gasteiger partial charge in [0.15, 0.2) is 0 Å². The third kappa shape index (κ3) is 2.61. The van der Waals surface area contributed by atoms with Gasteiger partial charge in [-0.1, -0.05) is 12.1 Å². The molecular weight excluding hydrogens is 202 g/mol. The highest BCUT2D eigenvalue weighted by molar-refractivity contribution is 5.80. The second kappa shape index (κ2) is 5.12. The van der Waals surface area contributed by atoms with Crippen molar-refractivity contribution in [1.82, 2.24) is 5.32 Å². The van der Waals surface area contributed by atoms with E-state index in [1.165, 1.54) is 11.1 Å². The van der Waals surface area contributed by atoms with Gasteiger partial charge in [-0.25, -0.2) is 0 Å². The van der Waals surface area contributed by atoms with E-state index in [-0.39, 0.29) is 5.78 Å².